The first kappa shape index (κ1) is 15.5. The van der Waals surface area contributed by atoms with Crippen molar-refractivity contribution in [1.29, 1.82) is 0 Å². The molecule has 3 N–H and O–H groups in total. The van der Waals surface area contributed by atoms with E-state index in [2.05, 4.69) is 28.8 Å². The minimum Gasteiger partial charge on any atom is -0.382 e. The van der Waals surface area contributed by atoms with Crippen molar-refractivity contribution in [3.63, 3.8) is 0 Å². The zero-order valence-corrected chi connectivity index (χ0v) is 13.2. The van der Waals surface area contributed by atoms with E-state index in [1.165, 1.54) is 11.8 Å². The molecular weight excluding hydrogens is 284 g/mol. The van der Waals surface area contributed by atoms with Gasteiger partial charge in [-0.1, -0.05) is 24.2 Å². The Bertz CT molecular complexity index is 665. The number of hydrogen-bond acceptors (Lipinski definition) is 4. The standard InChI is InChI=1S/C16H19ClN4/c1-9-12(11(3)19-4)5-6-13(17)16(9)10(2)14-7-21-15(18)8-20-14/h5-8,11,19H,2H2,1,3-4H3,(H2,18,21). The lowest BCUT2D eigenvalue weighted by molar-refractivity contribution is 0.648. The molecule has 1 aromatic carbocycles. The van der Waals surface area contributed by atoms with Crippen molar-refractivity contribution in [1.82, 2.24) is 15.3 Å². The molecular formula is C16H19ClN4. The van der Waals surface area contributed by atoms with Crippen LogP contribution in [0.2, 0.25) is 5.02 Å². The lowest BCUT2D eigenvalue weighted by atomic mass is 9.92. The summed E-state index contributed by atoms with van der Waals surface area (Å²) in [6, 6.07) is 4.15. The first-order valence-corrected chi connectivity index (χ1v) is 7.07. The van der Waals surface area contributed by atoms with Crippen molar-refractivity contribution in [3.05, 3.63) is 58.5 Å². The molecule has 110 valence electrons. The van der Waals surface area contributed by atoms with Gasteiger partial charge in [0.05, 0.1) is 18.1 Å². The number of aromatic nitrogens is 2. The number of hydrogen-bond donors (Lipinski definition) is 2. The fraction of sp³-hybridized carbons (Fsp3) is 0.250. The van der Waals surface area contributed by atoms with Crippen molar-refractivity contribution in [3.8, 4) is 0 Å². The third-order valence-corrected chi connectivity index (χ3v) is 3.95. The van der Waals surface area contributed by atoms with Gasteiger partial charge >= 0.3 is 0 Å². The number of halogens is 1. The molecule has 1 heterocycles. The number of nitrogen functional groups attached to an aromatic ring is 1. The number of nitrogens with zero attached hydrogens (tertiary/aromatic N) is 2. The van der Waals surface area contributed by atoms with Crippen LogP contribution in [0, 0.1) is 6.92 Å². The Balaban J connectivity index is 2.52. The minimum atomic E-state index is 0.228. The zero-order valence-electron chi connectivity index (χ0n) is 12.4. The predicted octanol–water partition coefficient (Wildman–Crippen LogP) is 3.36. The maximum Gasteiger partial charge on any atom is 0.141 e. The second-order valence-corrected chi connectivity index (χ2v) is 5.36. The molecule has 0 bridgehead atoms. The fourth-order valence-corrected chi connectivity index (χ4v) is 2.63. The summed E-state index contributed by atoms with van der Waals surface area (Å²) in [6.45, 7) is 8.27. The highest BCUT2D eigenvalue weighted by atomic mass is 35.5. The fourth-order valence-electron chi connectivity index (χ4n) is 2.31. The van der Waals surface area contributed by atoms with Crippen LogP contribution >= 0.6 is 11.6 Å². The van der Waals surface area contributed by atoms with Crippen LogP contribution in [0.3, 0.4) is 0 Å². The van der Waals surface area contributed by atoms with Crippen LogP contribution in [0.5, 0.6) is 0 Å². The maximum atomic E-state index is 6.37. The van der Waals surface area contributed by atoms with E-state index in [9.17, 15) is 0 Å². The molecule has 0 saturated carbocycles. The van der Waals surface area contributed by atoms with Crippen molar-refractivity contribution in [2.45, 2.75) is 19.9 Å². The molecule has 1 unspecified atom stereocenters. The van der Waals surface area contributed by atoms with Gasteiger partial charge in [-0.2, -0.15) is 0 Å². The van der Waals surface area contributed by atoms with E-state index in [0.29, 0.717) is 16.5 Å². The van der Waals surface area contributed by atoms with Gasteiger partial charge in [0, 0.05) is 22.2 Å². The SMILES string of the molecule is C=C(c1cnc(N)cn1)c1c(Cl)ccc(C(C)NC)c1C. The quantitative estimate of drug-likeness (QED) is 0.909. The molecule has 21 heavy (non-hydrogen) atoms. The van der Waals surface area contributed by atoms with Gasteiger partial charge in [0.15, 0.2) is 0 Å². The van der Waals surface area contributed by atoms with Crippen molar-refractivity contribution in [2.75, 3.05) is 12.8 Å². The molecule has 1 atom stereocenters. The summed E-state index contributed by atoms with van der Waals surface area (Å²) in [5.74, 6) is 0.381. The molecule has 4 nitrogen and oxygen atoms in total. The van der Waals surface area contributed by atoms with E-state index < -0.39 is 0 Å². The Labute approximate surface area is 130 Å². The lowest BCUT2D eigenvalue weighted by Gasteiger charge is -2.19. The topological polar surface area (TPSA) is 63.8 Å². The van der Waals surface area contributed by atoms with E-state index in [-0.39, 0.29) is 6.04 Å². The van der Waals surface area contributed by atoms with Gasteiger partial charge in [-0.25, -0.2) is 4.98 Å². The molecule has 1 aromatic heterocycles. The Kier molecular flexibility index (Phi) is 4.60. The Hall–Kier alpha value is -1.91. The number of benzene rings is 1. The van der Waals surface area contributed by atoms with Crippen molar-refractivity contribution >= 4 is 23.0 Å². The molecule has 5 heteroatoms. The molecule has 0 aliphatic rings. The van der Waals surface area contributed by atoms with Gasteiger partial charge < -0.3 is 11.1 Å². The molecule has 0 amide bonds. The molecule has 0 radical (unpaired) electrons. The smallest absolute Gasteiger partial charge is 0.141 e. The van der Waals surface area contributed by atoms with E-state index in [0.717, 1.165) is 16.7 Å². The summed E-state index contributed by atoms with van der Waals surface area (Å²) in [4.78, 5) is 8.33. The van der Waals surface area contributed by atoms with Gasteiger partial charge in [0.25, 0.3) is 0 Å². The predicted molar refractivity (Wildman–Crippen MR) is 88.2 cm³/mol. The summed E-state index contributed by atoms with van der Waals surface area (Å²) < 4.78 is 0. The van der Waals surface area contributed by atoms with Gasteiger partial charge in [0.2, 0.25) is 0 Å². The third-order valence-electron chi connectivity index (χ3n) is 3.64. The number of nitrogens with two attached hydrogens (primary N) is 1. The number of anilines is 1. The van der Waals surface area contributed by atoms with Gasteiger partial charge in [-0.15, -0.1) is 0 Å². The van der Waals surface area contributed by atoms with Gasteiger partial charge in [-0.3, -0.25) is 4.98 Å². The third kappa shape index (κ3) is 3.06. The highest BCUT2D eigenvalue weighted by molar-refractivity contribution is 6.32. The Morgan fingerprint density at radius 1 is 1.33 bits per heavy atom. The average Bonchev–Trinajstić information content (AvgIpc) is 2.47. The average molecular weight is 303 g/mol. The number of nitrogens with one attached hydrogen (secondary N) is 1. The lowest BCUT2D eigenvalue weighted by Crippen LogP contribution is -2.14. The molecule has 2 rings (SSSR count). The maximum absolute atomic E-state index is 6.37. The second kappa shape index (κ2) is 6.24. The van der Waals surface area contributed by atoms with Crippen LogP contribution in [0.1, 0.15) is 35.3 Å². The second-order valence-electron chi connectivity index (χ2n) is 4.95. The molecule has 0 fully saturated rings. The van der Waals surface area contributed by atoms with Crippen molar-refractivity contribution < 1.29 is 0 Å². The van der Waals surface area contributed by atoms with Crippen LogP contribution in [0.25, 0.3) is 5.57 Å². The first-order valence-electron chi connectivity index (χ1n) is 6.69. The molecule has 0 spiro atoms. The number of rotatable bonds is 4. The summed E-state index contributed by atoms with van der Waals surface area (Å²) >= 11 is 6.37. The zero-order chi connectivity index (χ0) is 15.6. The van der Waals surface area contributed by atoms with Crippen LogP contribution < -0.4 is 11.1 Å². The van der Waals surface area contributed by atoms with Crippen LogP contribution in [0.4, 0.5) is 5.82 Å². The van der Waals surface area contributed by atoms with Gasteiger partial charge in [0.1, 0.15) is 5.82 Å². The first-order chi connectivity index (χ1) is 9.95. The van der Waals surface area contributed by atoms with Crippen LogP contribution in [-0.2, 0) is 0 Å². The highest BCUT2D eigenvalue weighted by Gasteiger charge is 2.16. The van der Waals surface area contributed by atoms with E-state index >= 15 is 0 Å². The summed E-state index contributed by atoms with van der Waals surface area (Å²) in [7, 11) is 1.93. The molecule has 0 saturated heterocycles. The summed E-state index contributed by atoms with van der Waals surface area (Å²) in [5.41, 5.74) is 10.2. The van der Waals surface area contributed by atoms with E-state index in [4.69, 9.17) is 17.3 Å². The van der Waals surface area contributed by atoms with Crippen LogP contribution in [0.15, 0.2) is 31.1 Å². The van der Waals surface area contributed by atoms with E-state index in [1.807, 2.05) is 26.1 Å². The molecule has 0 aliphatic carbocycles. The van der Waals surface area contributed by atoms with Crippen molar-refractivity contribution in [2.24, 2.45) is 0 Å². The summed E-state index contributed by atoms with van der Waals surface area (Å²) in [6.07, 6.45) is 3.13. The van der Waals surface area contributed by atoms with Gasteiger partial charge in [-0.05, 0) is 38.1 Å². The Morgan fingerprint density at radius 2 is 2.05 bits per heavy atom. The minimum absolute atomic E-state index is 0.228. The van der Waals surface area contributed by atoms with Crippen LogP contribution in [-0.4, -0.2) is 17.0 Å². The largest absolute Gasteiger partial charge is 0.382 e. The summed E-state index contributed by atoms with van der Waals surface area (Å²) in [5, 5.41) is 3.89. The van der Waals surface area contributed by atoms with E-state index in [1.54, 1.807) is 6.20 Å². The normalized spacial score (nSPS) is 12.2. The monoisotopic (exact) mass is 302 g/mol. The Morgan fingerprint density at radius 3 is 2.62 bits per heavy atom. The highest BCUT2D eigenvalue weighted by Crippen LogP contribution is 2.33. The molecule has 0 aliphatic heterocycles. The molecule has 2 aromatic rings.